The molecule has 2 rings (SSSR count). The summed E-state index contributed by atoms with van der Waals surface area (Å²) < 4.78 is 6.26. The summed E-state index contributed by atoms with van der Waals surface area (Å²) in [5.41, 5.74) is 1.24. The van der Waals surface area contributed by atoms with Crippen molar-refractivity contribution in [3.05, 3.63) is 50.1 Å². The Hall–Kier alpha value is -0.840. The van der Waals surface area contributed by atoms with E-state index in [1.807, 2.05) is 24.5 Å². The highest BCUT2D eigenvalue weighted by atomic mass is 79.9. The lowest BCUT2D eigenvalue weighted by atomic mass is 10.1. The van der Waals surface area contributed by atoms with Crippen molar-refractivity contribution in [3.63, 3.8) is 0 Å². The molecular formula is C15H18BrNOS. The predicted octanol–water partition coefficient (Wildman–Crippen LogP) is 4.39. The van der Waals surface area contributed by atoms with Crippen LogP contribution in [0.3, 0.4) is 0 Å². The Morgan fingerprint density at radius 3 is 2.63 bits per heavy atom. The molecule has 1 aromatic carbocycles. The van der Waals surface area contributed by atoms with Crippen LogP contribution in [-0.4, -0.2) is 14.2 Å². The molecule has 0 aliphatic carbocycles. The number of benzene rings is 1. The van der Waals surface area contributed by atoms with Crippen LogP contribution < -0.4 is 10.1 Å². The molecule has 0 saturated carbocycles. The van der Waals surface area contributed by atoms with E-state index in [0.29, 0.717) is 0 Å². The second-order valence-electron chi connectivity index (χ2n) is 4.27. The zero-order valence-electron chi connectivity index (χ0n) is 11.4. The molecule has 1 atom stereocenters. The van der Waals surface area contributed by atoms with Gasteiger partial charge in [0.1, 0.15) is 5.75 Å². The van der Waals surface area contributed by atoms with Gasteiger partial charge in [-0.15, -0.1) is 11.3 Å². The Morgan fingerprint density at radius 1 is 1.32 bits per heavy atom. The van der Waals surface area contributed by atoms with Gasteiger partial charge < -0.3 is 10.1 Å². The van der Waals surface area contributed by atoms with Crippen molar-refractivity contribution in [2.24, 2.45) is 0 Å². The third-order valence-electron chi connectivity index (χ3n) is 3.11. The van der Waals surface area contributed by atoms with Gasteiger partial charge in [0.25, 0.3) is 0 Å². The molecule has 1 heterocycles. The monoisotopic (exact) mass is 339 g/mol. The molecular weight excluding hydrogens is 322 g/mol. The van der Waals surface area contributed by atoms with E-state index >= 15 is 0 Å². The Bertz CT molecular complexity index is 553. The molecule has 0 spiro atoms. The van der Waals surface area contributed by atoms with Gasteiger partial charge in [-0.2, -0.15) is 0 Å². The zero-order chi connectivity index (χ0) is 13.8. The van der Waals surface area contributed by atoms with Gasteiger partial charge in [-0.1, -0.05) is 13.0 Å². The van der Waals surface area contributed by atoms with Crippen LogP contribution in [0.25, 0.3) is 0 Å². The van der Waals surface area contributed by atoms with E-state index in [-0.39, 0.29) is 6.04 Å². The van der Waals surface area contributed by atoms with Gasteiger partial charge in [0.15, 0.2) is 0 Å². The van der Waals surface area contributed by atoms with Crippen LogP contribution in [0, 0.1) is 0 Å². The number of aryl methyl sites for hydroxylation is 1. The predicted molar refractivity (Wildman–Crippen MR) is 85.3 cm³/mol. The minimum atomic E-state index is 0.229. The van der Waals surface area contributed by atoms with Crippen LogP contribution in [0.5, 0.6) is 5.75 Å². The molecule has 0 radical (unpaired) electrons. The molecule has 2 nitrogen and oxygen atoms in total. The molecule has 1 unspecified atom stereocenters. The van der Waals surface area contributed by atoms with Gasteiger partial charge in [0.05, 0.1) is 17.6 Å². The van der Waals surface area contributed by atoms with Crippen molar-refractivity contribution in [2.45, 2.75) is 19.4 Å². The fourth-order valence-electron chi connectivity index (χ4n) is 2.08. The van der Waals surface area contributed by atoms with Crippen molar-refractivity contribution in [1.29, 1.82) is 0 Å². The fourth-order valence-corrected chi connectivity index (χ4v) is 3.72. The van der Waals surface area contributed by atoms with Gasteiger partial charge in [-0.25, -0.2) is 0 Å². The summed E-state index contributed by atoms with van der Waals surface area (Å²) >= 11 is 5.41. The smallest absolute Gasteiger partial charge is 0.133 e. The fraction of sp³-hybridized carbons (Fsp3) is 0.333. The van der Waals surface area contributed by atoms with Crippen LogP contribution in [0.1, 0.15) is 28.3 Å². The molecule has 0 fully saturated rings. The molecule has 0 saturated heterocycles. The molecule has 1 aromatic heterocycles. The molecule has 1 N–H and O–H groups in total. The van der Waals surface area contributed by atoms with Gasteiger partial charge in [-0.3, -0.25) is 0 Å². The Kier molecular flexibility index (Phi) is 5.02. The topological polar surface area (TPSA) is 21.3 Å². The van der Waals surface area contributed by atoms with E-state index in [4.69, 9.17) is 4.74 Å². The molecule has 2 aromatic rings. The maximum atomic E-state index is 5.28. The minimum absolute atomic E-state index is 0.229. The average molecular weight is 340 g/mol. The number of ether oxygens (including phenoxy) is 1. The van der Waals surface area contributed by atoms with Crippen molar-refractivity contribution in [3.8, 4) is 5.75 Å². The Morgan fingerprint density at radius 2 is 2.11 bits per heavy atom. The maximum absolute atomic E-state index is 5.28. The van der Waals surface area contributed by atoms with E-state index in [1.54, 1.807) is 7.11 Å². The van der Waals surface area contributed by atoms with Crippen molar-refractivity contribution in [2.75, 3.05) is 14.2 Å². The Balaban J connectivity index is 2.33. The summed E-state index contributed by atoms with van der Waals surface area (Å²) in [5, 5.41) is 3.39. The normalized spacial score (nSPS) is 12.4. The van der Waals surface area contributed by atoms with Gasteiger partial charge in [0.2, 0.25) is 0 Å². The lowest BCUT2D eigenvalue weighted by Crippen LogP contribution is -2.16. The molecule has 19 heavy (non-hydrogen) atoms. The maximum Gasteiger partial charge on any atom is 0.133 e. The van der Waals surface area contributed by atoms with Crippen molar-refractivity contribution in [1.82, 2.24) is 5.32 Å². The highest BCUT2D eigenvalue weighted by Crippen LogP contribution is 2.33. The first-order chi connectivity index (χ1) is 9.19. The van der Waals surface area contributed by atoms with Crippen LogP contribution >= 0.6 is 27.3 Å². The first-order valence-electron chi connectivity index (χ1n) is 6.29. The highest BCUT2D eigenvalue weighted by Gasteiger charge is 2.15. The molecule has 0 bridgehead atoms. The Labute approximate surface area is 126 Å². The molecule has 4 heteroatoms. The van der Waals surface area contributed by atoms with E-state index in [9.17, 15) is 0 Å². The largest absolute Gasteiger partial charge is 0.496 e. The van der Waals surface area contributed by atoms with Gasteiger partial charge in [0, 0.05) is 9.75 Å². The number of halogens is 1. The van der Waals surface area contributed by atoms with Crippen LogP contribution in [0.2, 0.25) is 0 Å². The number of rotatable bonds is 5. The molecule has 0 aliphatic rings. The van der Waals surface area contributed by atoms with E-state index in [2.05, 4.69) is 52.4 Å². The molecule has 0 amide bonds. The van der Waals surface area contributed by atoms with Crippen LogP contribution in [0.4, 0.5) is 0 Å². The quantitative estimate of drug-likeness (QED) is 0.872. The average Bonchev–Trinajstić information content (AvgIpc) is 2.88. The summed E-state index contributed by atoms with van der Waals surface area (Å²) in [6.07, 6.45) is 1.09. The number of nitrogens with one attached hydrogen (secondary N) is 1. The highest BCUT2D eigenvalue weighted by molar-refractivity contribution is 9.10. The summed E-state index contributed by atoms with van der Waals surface area (Å²) in [6, 6.07) is 10.9. The third kappa shape index (κ3) is 3.19. The van der Waals surface area contributed by atoms with E-state index in [0.717, 1.165) is 16.6 Å². The van der Waals surface area contributed by atoms with Crippen LogP contribution in [-0.2, 0) is 6.42 Å². The third-order valence-corrected chi connectivity index (χ3v) is 5.03. The summed E-state index contributed by atoms with van der Waals surface area (Å²) in [5.74, 6) is 0.860. The lowest BCUT2D eigenvalue weighted by Gasteiger charge is -2.16. The van der Waals surface area contributed by atoms with E-state index in [1.165, 1.54) is 15.3 Å². The number of hydrogen-bond donors (Lipinski definition) is 1. The summed E-state index contributed by atoms with van der Waals surface area (Å²) in [7, 11) is 3.68. The number of thiophene rings is 1. The van der Waals surface area contributed by atoms with Crippen molar-refractivity contribution >= 4 is 27.3 Å². The van der Waals surface area contributed by atoms with Gasteiger partial charge >= 0.3 is 0 Å². The first-order valence-corrected chi connectivity index (χ1v) is 7.89. The summed E-state index contributed by atoms with van der Waals surface area (Å²) in [4.78, 5) is 2.76. The molecule has 102 valence electrons. The van der Waals surface area contributed by atoms with Crippen molar-refractivity contribution < 1.29 is 4.74 Å². The second kappa shape index (κ2) is 6.55. The second-order valence-corrected chi connectivity index (χ2v) is 6.33. The molecule has 0 aliphatic heterocycles. The SMILES string of the molecule is CCc1ccc(C(NC)c2ccc(OC)c(Br)c2)s1. The zero-order valence-corrected chi connectivity index (χ0v) is 13.8. The van der Waals surface area contributed by atoms with E-state index < -0.39 is 0 Å². The number of methoxy groups -OCH3 is 1. The number of hydrogen-bond acceptors (Lipinski definition) is 3. The minimum Gasteiger partial charge on any atom is -0.496 e. The van der Waals surface area contributed by atoms with Crippen LogP contribution in [0.15, 0.2) is 34.8 Å². The lowest BCUT2D eigenvalue weighted by molar-refractivity contribution is 0.412. The first kappa shape index (κ1) is 14.6. The van der Waals surface area contributed by atoms with Gasteiger partial charge in [-0.05, 0) is 59.2 Å². The standard InChI is InChI=1S/C15H18BrNOS/c1-4-11-6-8-14(19-11)15(17-2)10-5-7-13(18-3)12(16)9-10/h5-9,15,17H,4H2,1-3H3. The summed E-state index contributed by atoms with van der Waals surface area (Å²) in [6.45, 7) is 2.19.